The quantitative estimate of drug-likeness (QED) is 0.0747. The van der Waals surface area contributed by atoms with E-state index in [1.165, 1.54) is 13.8 Å². The summed E-state index contributed by atoms with van der Waals surface area (Å²) in [5, 5.41) is 0. The number of esters is 1. The summed E-state index contributed by atoms with van der Waals surface area (Å²) in [6, 6.07) is 0. The van der Waals surface area contributed by atoms with Crippen molar-refractivity contribution >= 4 is 45.1 Å². The fraction of sp³-hybridized carbons (Fsp3) is 0.923. The third-order valence-electron chi connectivity index (χ3n) is 4.88. The van der Waals surface area contributed by atoms with E-state index in [-0.39, 0.29) is 6.42 Å². The van der Waals surface area contributed by atoms with Gasteiger partial charge in [-0.1, -0.05) is 20.3 Å². The predicted octanol–water partition coefficient (Wildman–Crippen LogP) is -0.728. The minimum absolute atomic E-state index is 0.0189. The van der Waals surface area contributed by atoms with Crippen LogP contribution in [0.4, 0.5) is 0 Å². The molecule has 1 aliphatic rings. The van der Waals surface area contributed by atoms with Crippen molar-refractivity contribution < 1.29 is 104 Å². The first-order valence-corrected chi connectivity index (χ1v) is 18.3. The van der Waals surface area contributed by atoms with E-state index < -0.39 is 100 Å². The van der Waals surface area contributed by atoms with Crippen molar-refractivity contribution in [1.29, 1.82) is 0 Å². The van der Waals surface area contributed by atoms with Crippen LogP contribution in [0.15, 0.2) is 0 Å². The average molecular weight is 692 g/mol. The molecule has 6 atom stereocenters. The number of carbonyl (C=O) groups excluding carboxylic acids is 1. The third-order valence-corrected chi connectivity index (χ3v) is 7.50. The molecule has 0 bridgehead atoms. The Morgan fingerprint density at radius 1 is 0.600 bits per heavy atom. The number of hydrogen-bond donors (Lipinski definition) is 10. The van der Waals surface area contributed by atoms with Gasteiger partial charge >= 0.3 is 45.1 Å². The first kappa shape index (κ1) is 38.0. The van der Waals surface area contributed by atoms with E-state index in [9.17, 15) is 76.6 Å². The fourth-order valence-electron chi connectivity index (χ4n) is 3.99. The molecule has 0 radical (unpaired) electrons. The van der Waals surface area contributed by atoms with Gasteiger partial charge in [-0.15, -0.1) is 0 Å². The second-order valence-electron chi connectivity index (χ2n) is 8.15. The third kappa shape index (κ3) is 12.3. The standard InChI is InChI=1S/C13H29O22P5/c1-3-5-7(14)30-9-8(31-36(15,16)17)10(32-37(18,19)20)12(34-39(24,25)26)13(6-4-2,35-40(27,28)29)11(9)33-38(21,22)23/h8-12H,3-6H2,1-2H3,(H2,15,16,17)(H2,18,19,20)(H2,21,22,23)(H2,24,25,26)(H2,27,28,29). The van der Waals surface area contributed by atoms with Crippen LogP contribution in [0.25, 0.3) is 0 Å². The maximum atomic E-state index is 12.4. The number of ether oxygens (including phenoxy) is 1. The van der Waals surface area contributed by atoms with Crippen LogP contribution in [0.2, 0.25) is 0 Å². The molecule has 10 N–H and O–H groups in total. The summed E-state index contributed by atoms with van der Waals surface area (Å²) in [4.78, 5) is 108. The second-order valence-corrected chi connectivity index (χ2v) is 14.1. The summed E-state index contributed by atoms with van der Waals surface area (Å²) in [6.07, 6.45) is -16.4. The lowest BCUT2D eigenvalue weighted by Crippen LogP contribution is -2.73. The van der Waals surface area contributed by atoms with Crippen LogP contribution in [0, 0.1) is 0 Å². The molecule has 1 fully saturated rings. The van der Waals surface area contributed by atoms with E-state index in [1.54, 1.807) is 0 Å². The summed E-state index contributed by atoms with van der Waals surface area (Å²) in [5.41, 5.74) is -3.36. The number of carbonyl (C=O) groups is 1. The molecule has 0 amide bonds. The van der Waals surface area contributed by atoms with Gasteiger partial charge in [0.1, 0.15) is 30.0 Å². The Labute approximate surface area is 225 Å². The summed E-state index contributed by atoms with van der Waals surface area (Å²) in [6.45, 7) is 2.64. The van der Waals surface area contributed by atoms with Gasteiger partial charge in [-0.3, -0.25) is 27.4 Å². The summed E-state index contributed by atoms with van der Waals surface area (Å²) < 4.78 is 87.1. The highest BCUT2D eigenvalue weighted by Gasteiger charge is 2.69. The van der Waals surface area contributed by atoms with Gasteiger partial charge < -0.3 is 53.7 Å². The molecule has 0 aliphatic heterocycles. The van der Waals surface area contributed by atoms with Gasteiger partial charge in [-0.25, -0.2) is 22.8 Å². The molecule has 1 saturated carbocycles. The van der Waals surface area contributed by atoms with Crippen LogP contribution >= 0.6 is 39.1 Å². The monoisotopic (exact) mass is 692 g/mol. The molecule has 0 saturated heterocycles. The Kier molecular flexibility index (Phi) is 13.1. The largest absolute Gasteiger partial charge is 0.470 e. The average Bonchev–Trinajstić information content (AvgIpc) is 2.66. The van der Waals surface area contributed by atoms with Crippen LogP contribution in [-0.4, -0.2) is 91.0 Å². The van der Waals surface area contributed by atoms with Gasteiger partial charge in [0.05, 0.1) is 0 Å². The van der Waals surface area contributed by atoms with E-state index in [0.29, 0.717) is 0 Å². The number of hydrogen-bond acceptors (Lipinski definition) is 12. The maximum absolute atomic E-state index is 12.4. The Morgan fingerprint density at radius 2 is 1.00 bits per heavy atom. The maximum Gasteiger partial charge on any atom is 0.470 e. The van der Waals surface area contributed by atoms with E-state index in [1.807, 2.05) is 0 Å². The van der Waals surface area contributed by atoms with Crippen LogP contribution in [-0.2, 0) is 55.0 Å². The van der Waals surface area contributed by atoms with E-state index in [4.69, 9.17) is 4.74 Å². The van der Waals surface area contributed by atoms with Crippen LogP contribution in [0.3, 0.4) is 0 Å². The van der Waals surface area contributed by atoms with Crippen molar-refractivity contribution in [1.82, 2.24) is 0 Å². The molecule has 0 aromatic rings. The molecule has 0 aromatic heterocycles. The van der Waals surface area contributed by atoms with E-state index in [0.717, 1.165) is 0 Å². The Balaban J connectivity index is 4.31. The highest BCUT2D eigenvalue weighted by Crippen LogP contribution is 2.60. The van der Waals surface area contributed by atoms with Crippen LogP contribution in [0.1, 0.15) is 39.5 Å². The molecule has 0 aromatic carbocycles. The molecule has 6 unspecified atom stereocenters. The molecular weight excluding hydrogens is 663 g/mol. The van der Waals surface area contributed by atoms with Crippen molar-refractivity contribution in [3.63, 3.8) is 0 Å². The molecule has 0 spiro atoms. The highest BCUT2D eigenvalue weighted by atomic mass is 31.2. The molecule has 1 rings (SSSR count). The van der Waals surface area contributed by atoms with Crippen molar-refractivity contribution in [2.24, 2.45) is 0 Å². The lowest BCUT2D eigenvalue weighted by molar-refractivity contribution is -0.256. The second kappa shape index (κ2) is 13.8. The Bertz CT molecular complexity index is 1110. The molecule has 238 valence electrons. The van der Waals surface area contributed by atoms with Crippen LogP contribution in [0.5, 0.6) is 0 Å². The minimum Gasteiger partial charge on any atom is -0.457 e. The van der Waals surface area contributed by atoms with Gasteiger partial charge in [-0.2, -0.15) is 0 Å². The van der Waals surface area contributed by atoms with Crippen molar-refractivity contribution in [3.05, 3.63) is 0 Å². The molecule has 0 heterocycles. The first-order valence-electron chi connectivity index (χ1n) is 10.6. The molecule has 1 aliphatic carbocycles. The molecule has 27 heteroatoms. The summed E-state index contributed by atoms with van der Waals surface area (Å²) in [7, 11) is -29.8. The number of rotatable bonds is 15. The normalized spacial score (nSPS) is 28.9. The number of phosphoric acid groups is 5. The Morgan fingerprint density at radius 3 is 1.35 bits per heavy atom. The highest BCUT2D eigenvalue weighted by molar-refractivity contribution is 7.47. The van der Waals surface area contributed by atoms with E-state index >= 15 is 0 Å². The Hall–Kier alpha value is 0.0200. The minimum atomic E-state index is -6.00. The molecule has 22 nitrogen and oxygen atoms in total. The summed E-state index contributed by atoms with van der Waals surface area (Å²) in [5.74, 6) is -1.34. The lowest BCUT2D eigenvalue weighted by atomic mass is 9.72. The SMILES string of the molecule is CCCC(=O)OC1C(OP(=O)(O)O)C(OP(=O)(O)O)C(OP(=O)(O)O)C(CCC)(OP(=O)(O)O)C1OP(=O)(O)O. The zero-order valence-corrected chi connectivity index (χ0v) is 24.8. The lowest BCUT2D eigenvalue weighted by Gasteiger charge is -2.54. The summed E-state index contributed by atoms with van der Waals surface area (Å²) >= 11 is 0. The van der Waals surface area contributed by atoms with Gasteiger partial charge in [0.2, 0.25) is 0 Å². The van der Waals surface area contributed by atoms with Gasteiger partial charge in [0.15, 0.2) is 6.10 Å². The zero-order valence-electron chi connectivity index (χ0n) is 20.3. The number of phosphoric ester groups is 5. The fourth-order valence-corrected chi connectivity index (χ4v) is 7.02. The first-order chi connectivity index (χ1) is 17.7. The van der Waals surface area contributed by atoms with Crippen molar-refractivity contribution in [3.8, 4) is 0 Å². The zero-order chi connectivity index (χ0) is 31.5. The van der Waals surface area contributed by atoms with Gasteiger partial charge in [0.25, 0.3) is 0 Å². The van der Waals surface area contributed by atoms with Gasteiger partial charge in [0, 0.05) is 6.42 Å². The smallest absolute Gasteiger partial charge is 0.457 e. The van der Waals surface area contributed by atoms with E-state index in [2.05, 4.69) is 22.6 Å². The van der Waals surface area contributed by atoms with Crippen molar-refractivity contribution in [2.45, 2.75) is 75.7 Å². The predicted molar refractivity (Wildman–Crippen MR) is 123 cm³/mol. The topological polar surface area (TPSA) is 360 Å². The van der Waals surface area contributed by atoms with Gasteiger partial charge in [-0.05, 0) is 12.8 Å². The molecular formula is C13H29O22P5. The molecule has 40 heavy (non-hydrogen) atoms. The van der Waals surface area contributed by atoms with Crippen LogP contribution < -0.4 is 0 Å². The van der Waals surface area contributed by atoms with Crippen molar-refractivity contribution in [2.75, 3.05) is 0 Å².